The largest absolute Gasteiger partial charge is 0.455 e. The van der Waals surface area contributed by atoms with Gasteiger partial charge in [0.1, 0.15) is 22.5 Å². The maximum Gasteiger partial charge on any atom is 0.198 e. The summed E-state index contributed by atoms with van der Waals surface area (Å²) in [6, 6.07) is 62.9. The second-order valence-corrected chi connectivity index (χ2v) is 24.6. The van der Waals surface area contributed by atoms with Crippen molar-refractivity contribution < 1.29 is 8.83 Å². The van der Waals surface area contributed by atoms with Gasteiger partial charge >= 0.3 is 0 Å². The van der Waals surface area contributed by atoms with Gasteiger partial charge in [-0.15, -0.1) is 11.3 Å². The van der Waals surface area contributed by atoms with E-state index in [1.807, 2.05) is 11.3 Å². The number of para-hydroxylation sites is 1. The van der Waals surface area contributed by atoms with Gasteiger partial charge in [0.05, 0.1) is 11.0 Å². The fraction of sp³-hybridized carbons (Fsp3) is 0.176. The third kappa shape index (κ3) is 6.34. The monoisotopic (exact) mass is 974 g/mol. The lowest BCUT2D eigenvalue weighted by molar-refractivity contribution is 0.332. The van der Waals surface area contributed by atoms with Crippen molar-refractivity contribution in [3.63, 3.8) is 0 Å². The number of hydrogen-bond donors (Lipinski definition) is 1. The number of rotatable bonds is 5. The molecule has 4 aromatic heterocycles. The molecule has 0 saturated carbocycles. The third-order valence-electron chi connectivity index (χ3n) is 17.0. The summed E-state index contributed by atoms with van der Waals surface area (Å²) in [5.41, 5.74) is 20.8. The number of nitrogens with zero attached hydrogens (tertiary/aromatic N) is 1. The van der Waals surface area contributed by atoms with E-state index in [1.165, 1.54) is 80.7 Å². The zero-order valence-corrected chi connectivity index (χ0v) is 43.8. The van der Waals surface area contributed by atoms with Crippen LogP contribution < -0.4 is 16.2 Å². The summed E-state index contributed by atoms with van der Waals surface area (Å²) < 4.78 is 19.7. The Kier molecular flexibility index (Phi) is 9.09. The molecule has 0 amide bonds. The van der Waals surface area contributed by atoms with Crippen LogP contribution in [0, 0.1) is 0 Å². The molecule has 0 fully saturated rings. The molecule has 0 spiro atoms. The highest BCUT2D eigenvalue weighted by Crippen LogP contribution is 2.53. The predicted molar refractivity (Wildman–Crippen MR) is 317 cm³/mol. The Hall–Kier alpha value is -7.80. The van der Waals surface area contributed by atoms with Crippen molar-refractivity contribution in [3.05, 3.63) is 187 Å². The van der Waals surface area contributed by atoms with Crippen molar-refractivity contribution in [1.29, 1.82) is 0 Å². The molecule has 2 aliphatic rings. The average molecular weight is 975 g/mol. The zero-order valence-electron chi connectivity index (χ0n) is 43.0. The summed E-state index contributed by atoms with van der Waals surface area (Å²) in [4.78, 5) is 0. The van der Waals surface area contributed by atoms with E-state index in [2.05, 4.69) is 228 Å². The molecule has 13 aromatic rings. The minimum absolute atomic E-state index is 0.00285. The number of nitrogens with one attached hydrogen (secondary N) is 1. The van der Waals surface area contributed by atoms with Crippen LogP contribution in [0.5, 0.6) is 0 Å². The van der Waals surface area contributed by atoms with Crippen LogP contribution in [0.15, 0.2) is 179 Å². The summed E-state index contributed by atoms with van der Waals surface area (Å²) in [6.07, 6.45) is 2.27. The molecule has 15 rings (SSSR count). The number of thiophene rings is 1. The molecular weight excluding hydrogens is 920 g/mol. The lowest BCUT2D eigenvalue weighted by atomic mass is 9.58. The maximum absolute atomic E-state index is 7.42. The summed E-state index contributed by atoms with van der Waals surface area (Å²) in [6.45, 7) is 16.6. The van der Waals surface area contributed by atoms with Crippen LogP contribution >= 0.6 is 11.3 Å². The number of fused-ring (bicyclic) bond motifs is 14. The topological polar surface area (TPSA) is 43.2 Å². The zero-order chi connectivity index (χ0) is 50.0. The van der Waals surface area contributed by atoms with Gasteiger partial charge in [-0.1, -0.05) is 163 Å². The van der Waals surface area contributed by atoms with E-state index in [-0.39, 0.29) is 16.2 Å². The molecule has 0 radical (unpaired) electrons. The summed E-state index contributed by atoms with van der Waals surface area (Å²) in [5.74, 6) is 0.888. The molecule has 0 bridgehead atoms. The van der Waals surface area contributed by atoms with Gasteiger partial charge in [0.15, 0.2) is 7.28 Å². The van der Waals surface area contributed by atoms with Crippen LogP contribution in [0.3, 0.4) is 0 Å². The Morgan fingerprint density at radius 1 is 0.568 bits per heavy atom. The number of hydrogen-bond acceptors (Lipinski definition) is 4. The summed E-state index contributed by atoms with van der Waals surface area (Å²) >= 11 is 1.86. The van der Waals surface area contributed by atoms with E-state index < -0.39 is 0 Å². The Balaban J connectivity index is 1.11. The highest BCUT2D eigenvalue weighted by atomic mass is 32.1. The predicted octanol–water partition coefficient (Wildman–Crippen LogP) is 17.9. The van der Waals surface area contributed by atoms with E-state index >= 15 is 0 Å². The molecular formula is C68H55BN2O2S. The highest BCUT2D eigenvalue weighted by Gasteiger charge is 2.40. The maximum atomic E-state index is 7.42. The van der Waals surface area contributed by atoms with Gasteiger partial charge in [0.2, 0.25) is 0 Å². The second-order valence-electron chi connectivity index (χ2n) is 23.5. The van der Waals surface area contributed by atoms with Gasteiger partial charge in [-0.3, -0.25) is 0 Å². The first-order chi connectivity index (χ1) is 35.8. The number of aromatic nitrogens is 1. The van der Waals surface area contributed by atoms with Crippen molar-refractivity contribution in [3.8, 4) is 39.3 Å². The number of furan rings is 2. The van der Waals surface area contributed by atoms with Crippen LogP contribution in [0.2, 0.25) is 0 Å². The molecule has 4 nitrogen and oxygen atoms in total. The lowest BCUT2D eigenvalue weighted by Crippen LogP contribution is -2.37. The molecule has 6 heteroatoms. The van der Waals surface area contributed by atoms with Crippen molar-refractivity contribution in [2.75, 3.05) is 5.32 Å². The van der Waals surface area contributed by atoms with Crippen molar-refractivity contribution in [2.24, 2.45) is 0 Å². The molecule has 0 unspecified atom stereocenters. The molecule has 1 aliphatic carbocycles. The van der Waals surface area contributed by atoms with E-state index in [9.17, 15) is 0 Å². The highest BCUT2D eigenvalue weighted by molar-refractivity contribution is 7.25. The average Bonchev–Trinajstić information content (AvgIpc) is 4.34. The standard InChI is InChI=1S/C68H55BN2O2S/c1-66(2,3)40-26-28-41(29-27-40)70-51-37-57-44(42-22-15-17-25-56(42)74-57)32-45(51)61-62-63-59(60-43-23-14-16-24-54(43)72-65(60)61)46-33-48-49(68(6,7)31-30-67(48,4)5)35-52(46)71(63)53-34-47-55(36-50(53)69-62)73-64(39-20-12-9-13-21-39)58(47)38-18-10-8-11-19-38/h8-29,32-37,69-70H,30-31H2,1-7H3. The smallest absolute Gasteiger partial charge is 0.198 e. The summed E-state index contributed by atoms with van der Waals surface area (Å²) in [5, 5.41) is 12.5. The molecule has 74 heavy (non-hydrogen) atoms. The van der Waals surface area contributed by atoms with E-state index in [4.69, 9.17) is 8.83 Å². The van der Waals surface area contributed by atoms with Crippen LogP contribution in [0.25, 0.3) is 114 Å². The van der Waals surface area contributed by atoms with E-state index in [0.29, 0.717) is 7.28 Å². The lowest BCUT2D eigenvalue weighted by Gasteiger charge is -2.42. The molecule has 1 aliphatic heterocycles. The fourth-order valence-corrected chi connectivity index (χ4v) is 14.1. The Morgan fingerprint density at radius 2 is 1.24 bits per heavy atom. The molecule has 0 saturated heterocycles. The van der Waals surface area contributed by atoms with Gasteiger partial charge in [0, 0.05) is 86.4 Å². The number of benzene rings is 9. The Morgan fingerprint density at radius 3 is 1.99 bits per heavy atom. The Bertz CT molecular complexity index is 4500. The van der Waals surface area contributed by atoms with Gasteiger partial charge in [-0.25, -0.2) is 0 Å². The quantitative estimate of drug-likeness (QED) is 0.175. The van der Waals surface area contributed by atoms with Crippen LogP contribution in [-0.2, 0) is 16.2 Å². The van der Waals surface area contributed by atoms with Crippen LogP contribution in [0.1, 0.15) is 78.0 Å². The van der Waals surface area contributed by atoms with Crippen molar-refractivity contribution in [1.82, 2.24) is 4.57 Å². The number of anilines is 2. The van der Waals surface area contributed by atoms with Crippen molar-refractivity contribution >= 4 is 116 Å². The van der Waals surface area contributed by atoms with E-state index in [1.54, 1.807) is 0 Å². The van der Waals surface area contributed by atoms with Gasteiger partial charge in [0.25, 0.3) is 0 Å². The van der Waals surface area contributed by atoms with Crippen LogP contribution in [0.4, 0.5) is 11.4 Å². The molecule has 358 valence electrons. The van der Waals surface area contributed by atoms with Gasteiger partial charge in [-0.05, 0) is 117 Å². The first-order valence-corrected chi connectivity index (χ1v) is 27.1. The summed E-state index contributed by atoms with van der Waals surface area (Å²) in [7, 11) is 0.682. The Labute approximate surface area is 435 Å². The second kappa shape index (κ2) is 15.4. The van der Waals surface area contributed by atoms with E-state index in [0.717, 1.165) is 85.3 Å². The first kappa shape index (κ1) is 43.8. The third-order valence-corrected chi connectivity index (χ3v) is 18.1. The molecule has 0 atom stereocenters. The van der Waals surface area contributed by atoms with Gasteiger partial charge < -0.3 is 18.7 Å². The minimum Gasteiger partial charge on any atom is -0.455 e. The minimum atomic E-state index is 0.00285. The van der Waals surface area contributed by atoms with Crippen LogP contribution in [-0.4, -0.2) is 11.8 Å². The SMILES string of the molecule is CC(C)(C)c1ccc(Nc2cc3sc4ccccc4c3cc2-c2c3c4c(c5cc6c(cc5n4-c4cc5c(-c7ccccc7)c(-c7ccccc7)oc5cc4B3)C(C)(C)CCC6(C)C)c3c2oc2ccccc23)cc1. The molecule has 5 heterocycles. The normalized spacial score (nSPS) is 14.9. The molecule has 1 N–H and O–H groups in total. The molecule has 9 aromatic carbocycles. The van der Waals surface area contributed by atoms with Gasteiger partial charge in [-0.2, -0.15) is 0 Å². The fourth-order valence-electron chi connectivity index (χ4n) is 13.0. The first-order valence-electron chi connectivity index (χ1n) is 26.3. The van der Waals surface area contributed by atoms with Crippen molar-refractivity contribution in [2.45, 2.75) is 77.6 Å².